The molecule has 0 amide bonds. The topological polar surface area (TPSA) is 74.2 Å². The van der Waals surface area contributed by atoms with Crippen LogP contribution in [0.2, 0.25) is 0 Å². The van der Waals surface area contributed by atoms with Gasteiger partial charge in [-0.2, -0.15) is 0 Å². The molecule has 0 atom stereocenters. The van der Waals surface area contributed by atoms with Crippen molar-refractivity contribution in [2.45, 2.75) is 39.0 Å². The Morgan fingerprint density at radius 1 is 1.24 bits per heavy atom. The number of esters is 2. The van der Waals surface area contributed by atoms with Crippen LogP contribution in [0.5, 0.6) is 11.5 Å². The van der Waals surface area contributed by atoms with E-state index in [4.69, 9.17) is 14.2 Å². The second-order valence-electron chi connectivity index (χ2n) is 6.21. The van der Waals surface area contributed by atoms with Gasteiger partial charge in [0.1, 0.15) is 0 Å². The summed E-state index contributed by atoms with van der Waals surface area (Å²) in [5.74, 6) is 0.669. The molecule has 0 radical (unpaired) electrons. The average molecular weight is 343 g/mol. The van der Waals surface area contributed by atoms with E-state index in [1.165, 1.54) is 20.5 Å². The third-order valence-corrected chi connectivity index (χ3v) is 4.34. The molecule has 1 aromatic carbocycles. The lowest BCUT2D eigenvalue weighted by Crippen LogP contribution is -2.19. The predicted molar refractivity (Wildman–Crippen MR) is 92.4 cm³/mol. The van der Waals surface area contributed by atoms with Gasteiger partial charge in [0.25, 0.3) is 0 Å². The Morgan fingerprint density at radius 3 is 2.68 bits per heavy atom. The zero-order valence-electron chi connectivity index (χ0n) is 14.4. The van der Waals surface area contributed by atoms with E-state index < -0.39 is 11.9 Å². The Labute approximate surface area is 146 Å². The Balaban J connectivity index is 1.83. The molecule has 1 aliphatic heterocycles. The number of hydrogen-bond donors (Lipinski definition) is 0. The number of carbonyl (C=O) groups is 2. The molecule has 0 aromatic heterocycles. The molecule has 1 aliphatic carbocycles. The second-order valence-corrected chi connectivity index (χ2v) is 6.21. The molecule has 2 aliphatic rings. The number of hydrogen-bond acceptors (Lipinski definition) is 6. The zero-order valence-corrected chi connectivity index (χ0v) is 14.4. The van der Waals surface area contributed by atoms with E-state index in [-0.39, 0.29) is 11.6 Å². The minimum atomic E-state index is -0.427. The molecule has 3 rings (SSSR count). The molecular formula is C19H21NO5. The molecule has 1 saturated carbocycles. The minimum absolute atomic E-state index is 0.240. The lowest BCUT2D eigenvalue weighted by atomic mass is 9.89. The first-order chi connectivity index (χ1) is 12.1. The van der Waals surface area contributed by atoms with E-state index >= 15 is 0 Å². The number of cyclic esters (lactones) is 1. The van der Waals surface area contributed by atoms with E-state index in [2.05, 4.69) is 4.99 Å². The lowest BCUT2D eigenvalue weighted by Gasteiger charge is -2.19. The van der Waals surface area contributed by atoms with Gasteiger partial charge in [-0.1, -0.05) is 25.3 Å². The second kappa shape index (κ2) is 7.51. The highest BCUT2D eigenvalue weighted by Gasteiger charge is 2.30. The van der Waals surface area contributed by atoms with Gasteiger partial charge >= 0.3 is 11.9 Å². The Kier molecular flexibility index (Phi) is 5.16. The van der Waals surface area contributed by atoms with Crippen molar-refractivity contribution in [1.29, 1.82) is 0 Å². The first-order valence-electron chi connectivity index (χ1n) is 8.45. The summed E-state index contributed by atoms with van der Waals surface area (Å²) in [7, 11) is 1.49. The highest BCUT2D eigenvalue weighted by atomic mass is 16.6. The summed E-state index contributed by atoms with van der Waals surface area (Å²) in [6, 6.07) is 5.04. The molecule has 0 N–H and O–H groups in total. The van der Waals surface area contributed by atoms with Gasteiger partial charge < -0.3 is 14.2 Å². The van der Waals surface area contributed by atoms with Crippen molar-refractivity contribution in [1.82, 2.24) is 0 Å². The number of benzene rings is 1. The Morgan fingerprint density at radius 2 is 2.00 bits per heavy atom. The van der Waals surface area contributed by atoms with Gasteiger partial charge in [0.15, 0.2) is 17.2 Å². The van der Waals surface area contributed by atoms with E-state index in [1.54, 1.807) is 24.3 Å². The van der Waals surface area contributed by atoms with E-state index in [0.29, 0.717) is 23.0 Å². The summed E-state index contributed by atoms with van der Waals surface area (Å²) >= 11 is 0. The monoisotopic (exact) mass is 343 g/mol. The number of rotatable bonds is 4. The van der Waals surface area contributed by atoms with Gasteiger partial charge in [0.2, 0.25) is 5.90 Å². The number of methoxy groups -OCH3 is 1. The maximum atomic E-state index is 12.1. The van der Waals surface area contributed by atoms with Crippen LogP contribution in [0.25, 0.3) is 6.08 Å². The van der Waals surface area contributed by atoms with E-state index in [1.807, 2.05) is 0 Å². The van der Waals surface area contributed by atoms with Crippen molar-refractivity contribution in [3.8, 4) is 11.5 Å². The standard InChI is InChI=1S/C19H21NO5/c1-12(21)24-16-9-8-13(11-17(16)23-2)10-15-19(22)25-18(20-15)14-6-4-3-5-7-14/h8-11,14H,3-7H2,1-2H3. The normalized spacial score (nSPS) is 19.5. The van der Waals surface area contributed by atoms with Gasteiger partial charge in [0.05, 0.1) is 7.11 Å². The van der Waals surface area contributed by atoms with Crippen molar-refractivity contribution in [3.05, 3.63) is 29.5 Å². The molecule has 25 heavy (non-hydrogen) atoms. The van der Waals surface area contributed by atoms with Crippen molar-refractivity contribution < 1.29 is 23.8 Å². The van der Waals surface area contributed by atoms with Crippen LogP contribution in [0.15, 0.2) is 28.9 Å². The first kappa shape index (κ1) is 17.2. The lowest BCUT2D eigenvalue weighted by molar-refractivity contribution is -0.132. The van der Waals surface area contributed by atoms with Crippen LogP contribution in [0.1, 0.15) is 44.6 Å². The summed E-state index contributed by atoms with van der Waals surface area (Å²) < 4.78 is 15.7. The smallest absolute Gasteiger partial charge is 0.363 e. The molecule has 0 saturated heterocycles. The predicted octanol–water partition coefficient (Wildman–Crippen LogP) is 3.50. The highest BCUT2D eigenvalue weighted by Crippen LogP contribution is 2.31. The zero-order chi connectivity index (χ0) is 17.8. The molecule has 0 spiro atoms. The first-order valence-corrected chi connectivity index (χ1v) is 8.45. The minimum Gasteiger partial charge on any atom is -0.493 e. The van der Waals surface area contributed by atoms with Crippen LogP contribution < -0.4 is 9.47 Å². The van der Waals surface area contributed by atoms with Gasteiger partial charge in [-0.15, -0.1) is 0 Å². The molecule has 132 valence electrons. The molecule has 1 aromatic rings. The van der Waals surface area contributed by atoms with Crippen LogP contribution in [-0.2, 0) is 14.3 Å². The van der Waals surface area contributed by atoms with Crippen LogP contribution in [-0.4, -0.2) is 24.9 Å². The Hall–Kier alpha value is -2.63. The molecule has 6 heteroatoms. The molecule has 0 bridgehead atoms. The summed E-state index contributed by atoms with van der Waals surface area (Å²) in [6.45, 7) is 1.32. The van der Waals surface area contributed by atoms with Crippen molar-refractivity contribution in [2.75, 3.05) is 7.11 Å². The maximum Gasteiger partial charge on any atom is 0.363 e. The fourth-order valence-corrected chi connectivity index (χ4v) is 3.12. The molecule has 0 unspecified atom stereocenters. The molecular weight excluding hydrogens is 322 g/mol. The number of ether oxygens (including phenoxy) is 3. The molecule has 6 nitrogen and oxygen atoms in total. The van der Waals surface area contributed by atoms with E-state index in [0.717, 1.165) is 25.7 Å². The van der Waals surface area contributed by atoms with Gasteiger partial charge in [0, 0.05) is 12.8 Å². The number of aliphatic imine (C=N–C) groups is 1. The van der Waals surface area contributed by atoms with Gasteiger partial charge in [-0.05, 0) is 36.6 Å². The fourth-order valence-electron chi connectivity index (χ4n) is 3.12. The third-order valence-electron chi connectivity index (χ3n) is 4.34. The molecule has 1 fully saturated rings. The van der Waals surface area contributed by atoms with Crippen molar-refractivity contribution >= 4 is 23.9 Å². The van der Waals surface area contributed by atoms with Crippen LogP contribution in [0, 0.1) is 5.92 Å². The molecule has 1 heterocycles. The highest BCUT2D eigenvalue weighted by molar-refractivity contribution is 6.07. The van der Waals surface area contributed by atoms with E-state index in [9.17, 15) is 9.59 Å². The largest absolute Gasteiger partial charge is 0.493 e. The number of carbonyl (C=O) groups excluding carboxylic acids is 2. The van der Waals surface area contributed by atoms with Gasteiger partial charge in [-0.3, -0.25) is 4.79 Å². The summed E-state index contributed by atoms with van der Waals surface area (Å²) in [5.41, 5.74) is 0.996. The van der Waals surface area contributed by atoms with Crippen LogP contribution in [0.3, 0.4) is 0 Å². The van der Waals surface area contributed by atoms with Crippen LogP contribution in [0.4, 0.5) is 0 Å². The van der Waals surface area contributed by atoms with Crippen molar-refractivity contribution in [2.24, 2.45) is 10.9 Å². The third kappa shape index (κ3) is 4.07. The summed E-state index contributed by atoms with van der Waals surface area (Å²) in [4.78, 5) is 27.6. The maximum absolute atomic E-state index is 12.1. The summed E-state index contributed by atoms with van der Waals surface area (Å²) in [6.07, 6.45) is 7.21. The number of nitrogens with zero attached hydrogens (tertiary/aromatic N) is 1. The van der Waals surface area contributed by atoms with Crippen molar-refractivity contribution in [3.63, 3.8) is 0 Å². The average Bonchev–Trinajstić information content (AvgIpc) is 2.97. The quantitative estimate of drug-likeness (QED) is 0.475. The van der Waals surface area contributed by atoms with Gasteiger partial charge in [-0.25, -0.2) is 9.79 Å². The Bertz CT molecular complexity index is 744. The summed E-state index contributed by atoms with van der Waals surface area (Å²) in [5, 5.41) is 0. The van der Waals surface area contributed by atoms with Crippen LogP contribution >= 0.6 is 0 Å². The fraction of sp³-hybridized carbons (Fsp3) is 0.421. The SMILES string of the molecule is COc1cc(C=C2N=C(C3CCCCC3)OC2=O)ccc1OC(C)=O.